The molecule has 0 radical (unpaired) electrons. The predicted molar refractivity (Wildman–Crippen MR) is 96.4 cm³/mol. The van der Waals surface area contributed by atoms with Crippen molar-refractivity contribution in [2.45, 2.75) is 25.2 Å². The molecule has 130 valence electrons. The Hall–Kier alpha value is -1.87. The molecule has 3 saturated heterocycles. The molecule has 2 aromatic rings. The van der Waals surface area contributed by atoms with Gasteiger partial charge in [0.1, 0.15) is 17.3 Å². The number of hydrogen-bond acceptors (Lipinski definition) is 2. The van der Waals surface area contributed by atoms with Crippen LogP contribution in [0, 0.1) is 23.6 Å². The van der Waals surface area contributed by atoms with Crippen LogP contribution in [0.2, 0.25) is 0 Å². The highest BCUT2D eigenvalue weighted by atomic mass is 19.1. The second-order valence-electron chi connectivity index (χ2n) is 7.94. The van der Waals surface area contributed by atoms with Crippen LogP contribution >= 0.6 is 0 Å². The highest BCUT2D eigenvalue weighted by molar-refractivity contribution is 5.37. The third-order valence-electron chi connectivity index (χ3n) is 6.43. The van der Waals surface area contributed by atoms with Gasteiger partial charge in [0.2, 0.25) is 0 Å². The molecular formula is C22H24FNO. The molecule has 4 aliphatic rings. The molecule has 3 unspecified atom stereocenters. The first-order valence-electron chi connectivity index (χ1n) is 9.52. The number of hydrogen-bond donors (Lipinski definition) is 0. The summed E-state index contributed by atoms with van der Waals surface area (Å²) in [6.07, 6.45) is 4.14. The van der Waals surface area contributed by atoms with Gasteiger partial charge in [-0.3, -0.25) is 0 Å². The molecule has 0 N–H and O–H groups in total. The van der Waals surface area contributed by atoms with Crippen molar-refractivity contribution in [2.24, 2.45) is 17.8 Å². The van der Waals surface area contributed by atoms with Crippen molar-refractivity contribution in [3.8, 4) is 11.5 Å². The Bertz CT molecular complexity index is 751. The molecule has 2 aromatic carbocycles. The molecule has 1 saturated carbocycles. The Morgan fingerprint density at radius 1 is 0.920 bits per heavy atom. The molecule has 3 heterocycles. The standard InChI is InChI=1S/C22H24FNO/c23-17-4-6-18(7-5-17)25-19-3-1-2-16(12-19)20-13-21(20)22-14-24-10-8-15(22)9-11-24/h1-7,12,15,20-22H,8-11,13-14H2. The number of nitrogens with zero attached hydrogens (tertiary/aromatic N) is 1. The lowest BCUT2D eigenvalue weighted by atomic mass is 9.76. The molecular weight excluding hydrogens is 313 g/mol. The maximum Gasteiger partial charge on any atom is 0.127 e. The number of fused-ring (bicyclic) bond motifs is 3. The van der Waals surface area contributed by atoms with E-state index in [1.54, 1.807) is 12.1 Å². The van der Waals surface area contributed by atoms with E-state index < -0.39 is 0 Å². The topological polar surface area (TPSA) is 12.5 Å². The van der Waals surface area contributed by atoms with Gasteiger partial charge in [-0.15, -0.1) is 0 Å². The second-order valence-corrected chi connectivity index (χ2v) is 7.94. The van der Waals surface area contributed by atoms with E-state index in [1.165, 1.54) is 56.6 Å². The molecule has 3 heteroatoms. The van der Waals surface area contributed by atoms with Gasteiger partial charge in [0.25, 0.3) is 0 Å². The average molecular weight is 337 g/mol. The fourth-order valence-electron chi connectivity index (χ4n) is 5.01. The van der Waals surface area contributed by atoms with Crippen molar-refractivity contribution in [3.05, 3.63) is 59.9 Å². The number of benzene rings is 2. The van der Waals surface area contributed by atoms with Crippen molar-refractivity contribution < 1.29 is 9.13 Å². The number of ether oxygens (including phenoxy) is 1. The van der Waals surface area contributed by atoms with E-state index in [1.807, 2.05) is 6.07 Å². The molecule has 6 rings (SSSR count). The Morgan fingerprint density at radius 2 is 1.72 bits per heavy atom. The van der Waals surface area contributed by atoms with E-state index in [0.717, 1.165) is 23.5 Å². The van der Waals surface area contributed by atoms with Crippen molar-refractivity contribution >= 4 is 0 Å². The van der Waals surface area contributed by atoms with Gasteiger partial charge in [-0.1, -0.05) is 12.1 Å². The van der Waals surface area contributed by atoms with E-state index in [0.29, 0.717) is 11.7 Å². The SMILES string of the molecule is Fc1ccc(Oc2cccc(C3CC3C3CN4CCC3CC4)c2)cc1. The van der Waals surface area contributed by atoms with E-state index in [2.05, 4.69) is 23.1 Å². The van der Waals surface area contributed by atoms with Crippen molar-refractivity contribution in [1.82, 2.24) is 4.90 Å². The van der Waals surface area contributed by atoms with E-state index in [-0.39, 0.29) is 5.82 Å². The first-order chi connectivity index (χ1) is 12.3. The lowest BCUT2D eigenvalue weighted by molar-refractivity contribution is 0.0388. The van der Waals surface area contributed by atoms with Crippen LogP contribution in [0.1, 0.15) is 30.7 Å². The van der Waals surface area contributed by atoms with Crippen LogP contribution < -0.4 is 4.74 Å². The van der Waals surface area contributed by atoms with Gasteiger partial charge in [0, 0.05) is 6.54 Å². The van der Waals surface area contributed by atoms with Crippen LogP contribution in [0.4, 0.5) is 4.39 Å². The maximum absolute atomic E-state index is 13.0. The predicted octanol–water partition coefficient (Wildman–Crippen LogP) is 5.06. The van der Waals surface area contributed by atoms with E-state index in [4.69, 9.17) is 4.74 Å². The number of rotatable bonds is 4. The van der Waals surface area contributed by atoms with Crippen molar-refractivity contribution in [3.63, 3.8) is 0 Å². The molecule has 25 heavy (non-hydrogen) atoms. The van der Waals surface area contributed by atoms with Gasteiger partial charge in [-0.2, -0.15) is 0 Å². The summed E-state index contributed by atoms with van der Waals surface area (Å²) >= 11 is 0. The summed E-state index contributed by atoms with van der Waals surface area (Å²) in [5.41, 5.74) is 1.40. The van der Waals surface area contributed by atoms with Gasteiger partial charge < -0.3 is 9.64 Å². The van der Waals surface area contributed by atoms with Gasteiger partial charge in [0.05, 0.1) is 0 Å². The first-order valence-corrected chi connectivity index (χ1v) is 9.52. The minimum atomic E-state index is -0.237. The summed E-state index contributed by atoms with van der Waals surface area (Å²) in [4.78, 5) is 2.66. The van der Waals surface area contributed by atoms with Gasteiger partial charge >= 0.3 is 0 Å². The number of halogens is 1. The average Bonchev–Trinajstić information content (AvgIpc) is 3.46. The quantitative estimate of drug-likeness (QED) is 0.773. The molecule has 2 nitrogen and oxygen atoms in total. The van der Waals surface area contributed by atoms with Crippen LogP contribution in [-0.2, 0) is 0 Å². The van der Waals surface area contributed by atoms with Gasteiger partial charge in [-0.05, 0) is 98.0 Å². The van der Waals surface area contributed by atoms with Gasteiger partial charge in [0.15, 0.2) is 0 Å². The Balaban J connectivity index is 1.28. The molecule has 0 aromatic heterocycles. The van der Waals surface area contributed by atoms with Crippen LogP contribution in [0.25, 0.3) is 0 Å². The summed E-state index contributed by atoms with van der Waals surface area (Å²) in [6, 6.07) is 14.7. The lowest BCUT2D eigenvalue weighted by Crippen LogP contribution is -2.48. The third kappa shape index (κ3) is 3.06. The normalized spacial score (nSPS) is 33.2. The van der Waals surface area contributed by atoms with Crippen molar-refractivity contribution in [1.29, 1.82) is 0 Å². The Morgan fingerprint density at radius 3 is 2.44 bits per heavy atom. The molecule has 4 fully saturated rings. The summed E-state index contributed by atoms with van der Waals surface area (Å²) in [6.45, 7) is 3.96. The number of piperidine rings is 3. The Labute approximate surface area is 148 Å². The largest absolute Gasteiger partial charge is 0.457 e. The zero-order valence-electron chi connectivity index (χ0n) is 14.4. The van der Waals surface area contributed by atoms with Crippen LogP contribution in [0.5, 0.6) is 11.5 Å². The van der Waals surface area contributed by atoms with Crippen LogP contribution in [-0.4, -0.2) is 24.5 Å². The third-order valence-corrected chi connectivity index (χ3v) is 6.43. The molecule has 0 amide bonds. The minimum absolute atomic E-state index is 0.237. The van der Waals surface area contributed by atoms with E-state index >= 15 is 0 Å². The highest BCUT2D eigenvalue weighted by Crippen LogP contribution is 2.56. The van der Waals surface area contributed by atoms with Crippen LogP contribution in [0.3, 0.4) is 0 Å². The zero-order valence-corrected chi connectivity index (χ0v) is 14.4. The molecule has 1 aliphatic carbocycles. The summed E-state index contributed by atoms with van der Waals surface area (Å²) in [7, 11) is 0. The molecule has 0 spiro atoms. The van der Waals surface area contributed by atoms with E-state index in [9.17, 15) is 4.39 Å². The fraction of sp³-hybridized carbons (Fsp3) is 0.455. The molecule has 3 aliphatic heterocycles. The summed E-state index contributed by atoms with van der Waals surface area (Å²) in [5, 5.41) is 0. The smallest absolute Gasteiger partial charge is 0.127 e. The lowest BCUT2D eigenvalue weighted by Gasteiger charge is -2.45. The zero-order chi connectivity index (χ0) is 16.8. The van der Waals surface area contributed by atoms with Gasteiger partial charge in [-0.25, -0.2) is 4.39 Å². The first kappa shape index (κ1) is 15.4. The fourth-order valence-corrected chi connectivity index (χ4v) is 5.01. The van der Waals surface area contributed by atoms with Crippen LogP contribution in [0.15, 0.2) is 48.5 Å². The molecule has 3 atom stereocenters. The minimum Gasteiger partial charge on any atom is -0.457 e. The summed E-state index contributed by atoms with van der Waals surface area (Å²) < 4.78 is 18.9. The monoisotopic (exact) mass is 337 g/mol. The second kappa shape index (κ2) is 6.14. The van der Waals surface area contributed by atoms with Crippen molar-refractivity contribution in [2.75, 3.05) is 19.6 Å². The molecule has 2 bridgehead atoms. The summed E-state index contributed by atoms with van der Waals surface area (Å²) in [5.74, 6) is 4.70. The highest BCUT2D eigenvalue weighted by Gasteiger charge is 2.49. The Kier molecular flexibility index (Phi) is 3.78. The maximum atomic E-state index is 13.0.